The minimum atomic E-state index is -1.10. The van der Waals surface area contributed by atoms with Gasteiger partial charge in [0.15, 0.2) is 0 Å². The average molecular weight is 911 g/mol. The van der Waals surface area contributed by atoms with E-state index in [-0.39, 0.29) is 39.3 Å². The molecule has 2 atom stereocenters. The maximum Gasteiger partial charge on any atom is 0.305 e. The molecular weight excluding hydrogens is 885 g/mol. The molecule has 0 saturated carbocycles. The Kier molecular flexibility index (Phi) is 15.1. The summed E-state index contributed by atoms with van der Waals surface area (Å²) in [7, 11) is 0. The Bertz CT molecular complexity index is 2390. The van der Waals surface area contributed by atoms with E-state index in [0.717, 1.165) is 5.56 Å². The number of nitrogens with zero attached hydrogens (tertiary/aromatic N) is 2. The van der Waals surface area contributed by atoms with Gasteiger partial charge >= 0.3 is 11.9 Å². The van der Waals surface area contributed by atoms with Crippen molar-refractivity contribution >= 4 is 116 Å². The smallest absolute Gasteiger partial charge is 0.305 e. The van der Waals surface area contributed by atoms with E-state index in [1.807, 2.05) is 30.3 Å². The van der Waals surface area contributed by atoms with Gasteiger partial charge in [0.1, 0.15) is 21.4 Å². The van der Waals surface area contributed by atoms with Crippen molar-refractivity contribution in [2.45, 2.75) is 24.9 Å². The number of thiazole rings is 2. The maximum absolute atomic E-state index is 12.7. The molecule has 0 aliphatic rings. The number of halogens is 6. The number of hydrogen-bond donors (Lipinski definition) is 4. The number of hydrogen-bond acceptors (Lipinski definition) is 8. The second kappa shape index (κ2) is 19.8. The first kappa shape index (κ1) is 42.9. The Balaban J connectivity index is 0.000000215. The van der Waals surface area contributed by atoms with Crippen molar-refractivity contribution in [3.63, 3.8) is 0 Å². The molecule has 2 aromatic heterocycles. The van der Waals surface area contributed by atoms with Crippen LogP contribution in [-0.2, 0) is 9.59 Å². The van der Waals surface area contributed by atoms with E-state index < -0.39 is 35.8 Å². The van der Waals surface area contributed by atoms with E-state index >= 15 is 0 Å². The third-order valence-corrected chi connectivity index (χ3v) is 12.0. The maximum atomic E-state index is 12.7. The number of amides is 2. The van der Waals surface area contributed by atoms with E-state index in [2.05, 4.69) is 20.6 Å². The van der Waals surface area contributed by atoms with Crippen LogP contribution in [0, 0.1) is 0 Å². The number of carbonyl (C=O) groups is 4. The SMILES string of the molecule is O=C(O)C[C@H](NC(=O)c1csc(-c2cccc(Cl)c2Cl)n1)c1cccc(Cl)c1Cl.O=C(O)C[C@H](NC(=O)c1csc(-c2ccccc2)n1)c1cccc(Cl)c1Cl. The molecule has 0 saturated heterocycles. The molecule has 0 aliphatic carbocycles. The van der Waals surface area contributed by atoms with Crippen molar-refractivity contribution < 1.29 is 29.4 Å². The molecule has 0 fully saturated rings. The van der Waals surface area contributed by atoms with Crippen LogP contribution in [0.25, 0.3) is 21.1 Å². The lowest BCUT2D eigenvalue weighted by Crippen LogP contribution is -2.30. The molecule has 18 heteroatoms. The van der Waals surface area contributed by atoms with Crippen molar-refractivity contribution in [2.24, 2.45) is 0 Å². The first-order valence-corrected chi connectivity index (χ1v) is 20.1. The van der Waals surface area contributed by atoms with Crippen LogP contribution >= 0.6 is 92.3 Å². The highest BCUT2D eigenvalue weighted by atomic mass is 35.5. The van der Waals surface area contributed by atoms with Gasteiger partial charge in [-0.15, -0.1) is 22.7 Å². The molecule has 0 spiro atoms. The Morgan fingerprint density at radius 2 is 0.982 bits per heavy atom. The van der Waals surface area contributed by atoms with Crippen LogP contribution in [-0.4, -0.2) is 43.9 Å². The van der Waals surface area contributed by atoms with E-state index in [1.54, 1.807) is 65.4 Å². The standard InChI is InChI=1S/C19H12Cl4N2O3S.C19H14Cl2N2O3S/c20-11-5-1-3-9(16(11)22)13(7-15(26)27)24-18(28)14-8-29-19(25-14)10-4-2-6-12(21)17(10)23;20-13-8-4-7-12(17(13)21)14(9-16(24)25)22-18(26)15-10-27-19(23-15)11-5-2-1-3-6-11/h1-6,8,13H,7H2,(H,24,28)(H,26,27);1-8,10,14H,9H2,(H,22,26)(H,24,25)/t13-;14-/m00/s1. The molecule has 4 aromatic carbocycles. The first-order valence-electron chi connectivity index (χ1n) is 16.1. The highest BCUT2D eigenvalue weighted by Crippen LogP contribution is 2.36. The van der Waals surface area contributed by atoms with Crippen LogP contribution in [0.3, 0.4) is 0 Å². The Labute approximate surface area is 358 Å². The van der Waals surface area contributed by atoms with Crippen LogP contribution < -0.4 is 10.6 Å². The van der Waals surface area contributed by atoms with Crippen molar-refractivity contribution in [1.29, 1.82) is 0 Å². The Morgan fingerprint density at radius 3 is 1.46 bits per heavy atom. The van der Waals surface area contributed by atoms with Crippen molar-refractivity contribution in [1.82, 2.24) is 20.6 Å². The number of benzene rings is 4. The highest BCUT2D eigenvalue weighted by Gasteiger charge is 2.25. The van der Waals surface area contributed by atoms with E-state index in [9.17, 15) is 29.4 Å². The summed E-state index contributed by atoms with van der Waals surface area (Å²) in [5.74, 6) is -3.20. The van der Waals surface area contributed by atoms with Gasteiger partial charge in [0.05, 0.1) is 55.1 Å². The number of aromatic nitrogens is 2. The van der Waals surface area contributed by atoms with Crippen LogP contribution in [0.1, 0.15) is 57.0 Å². The number of nitrogens with one attached hydrogen (secondary N) is 2. The third kappa shape index (κ3) is 11.0. The molecule has 10 nitrogen and oxygen atoms in total. The molecule has 0 aliphatic heterocycles. The molecule has 56 heavy (non-hydrogen) atoms. The zero-order valence-corrected chi connectivity index (χ0v) is 34.5. The summed E-state index contributed by atoms with van der Waals surface area (Å²) in [4.78, 5) is 56.5. The van der Waals surface area contributed by atoms with Crippen LogP contribution in [0.4, 0.5) is 0 Å². The second-order valence-electron chi connectivity index (χ2n) is 11.6. The molecule has 0 bridgehead atoms. The van der Waals surface area contributed by atoms with E-state index in [0.29, 0.717) is 41.8 Å². The molecule has 2 amide bonds. The minimum Gasteiger partial charge on any atom is -0.481 e. The van der Waals surface area contributed by atoms with Gasteiger partial charge in [0.25, 0.3) is 11.8 Å². The fourth-order valence-corrected chi connectivity index (χ4v) is 8.09. The Morgan fingerprint density at radius 1 is 0.554 bits per heavy atom. The third-order valence-electron chi connectivity index (χ3n) is 7.76. The predicted octanol–water partition coefficient (Wildman–Crippen LogP) is 11.4. The number of aliphatic carboxylic acids is 2. The molecule has 0 radical (unpaired) electrons. The quantitative estimate of drug-likeness (QED) is 0.0944. The monoisotopic (exact) mass is 908 g/mol. The molecule has 6 aromatic rings. The van der Waals surface area contributed by atoms with Gasteiger partial charge in [0.2, 0.25) is 0 Å². The number of carboxylic acids is 2. The normalized spacial score (nSPS) is 11.8. The molecule has 6 rings (SSSR count). The summed E-state index contributed by atoms with van der Waals surface area (Å²) in [5.41, 5.74) is 2.69. The molecular formula is C38H26Cl6N4O6S2. The molecule has 2 heterocycles. The topological polar surface area (TPSA) is 159 Å². The van der Waals surface area contributed by atoms with Gasteiger partial charge in [-0.25, -0.2) is 9.97 Å². The molecule has 0 unspecified atom stereocenters. The largest absolute Gasteiger partial charge is 0.481 e. The fraction of sp³-hybridized carbons (Fsp3) is 0.105. The second-order valence-corrected chi connectivity index (χ2v) is 15.6. The summed E-state index contributed by atoms with van der Waals surface area (Å²) in [5, 5.41) is 29.9. The van der Waals surface area contributed by atoms with E-state index in [1.165, 1.54) is 22.7 Å². The van der Waals surface area contributed by atoms with E-state index in [4.69, 9.17) is 69.6 Å². The van der Waals surface area contributed by atoms with Gasteiger partial charge in [-0.3, -0.25) is 19.2 Å². The van der Waals surface area contributed by atoms with Crippen molar-refractivity contribution in [3.8, 4) is 21.1 Å². The van der Waals surface area contributed by atoms with Gasteiger partial charge in [-0.2, -0.15) is 0 Å². The van der Waals surface area contributed by atoms with Gasteiger partial charge < -0.3 is 20.8 Å². The predicted molar refractivity (Wildman–Crippen MR) is 223 cm³/mol. The molecule has 4 N–H and O–H groups in total. The summed E-state index contributed by atoms with van der Waals surface area (Å²) in [6.45, 7) is 0. The zero-order valence-electron chi connectivity index (χ0n) is 28.3. The van der Waals surface area contributed by atoms with Crippen LogP contribution in [0.2, 0.25) is 30.1 Å². The van der Waals surface area contributed by atoms with Gasteiger partial charge in [0, 0.05) is 21.9 Å². The van der Waals surface area contributed by atoms with Crippen molar-refractivity contribution in [3.05, 3.63) is 148 Å². The highest BCUT2D eigenvalue weighted by molar-refractivity contribution is 7.13. The fourth-order valence-electron chi connectivity index (χ4n) is 5.13. The van der Waals surface area contributed by atoms with Crippen LogP contribution in [0.5, 0.6) is 0 Å². The van der Waals surface area contributed by atoms with Gasteiger partial charge in [-0.05, 0) is 29.3 Å². The zero-order chi connectivity index (χ0) is 40.5. The summed E-state index contributed by atoms with van der Waals surface area (Å²) >= 11 is 39.2. The van der Waals surface area contributed by atoms with Crippen molar-refractivity contribution in [2.75, 3.05) is 0 Å². The van der Waals surface area contributed by atoms with Gasteiger partial charge in [-0.1, -0.05) is 136 Å². The summed E-state index contributed by atoms with van der Waals surface area (Å²) < 4.78 is 0. The lowest BCUT2D eigenvalue weighted by atomic mass is 10.0. The first-order chi connectivity index (χ1) is 26.7. The lowest BCUT2D eigenvalue weighted by molar-refractivity contribution is -0.138. The summed E-state index contributed by atoms with van der Waals surface area (Å²) in [6, 6.07) is 22.6. The Hall–Kier alpha value is -4.24. The number of carbonyl (C=O) groups excluding carboxylic acids is 2. The number of carboxylic acid groups (broad SMARTS) is 2. The number of rotatable bonds is 12. The molecule has 288 valence electrons. The summed E-state index contributed by atoms with van der Waals surface area (Å²) in [6.07, 6.45) is -0.704. The average Bonchev–Trinajstić information content (AvgIpc) is 3.87. The van der Waals surface area contributed by atoms with Crippen LogP contribution in [0.15, 0.2) is 95.7 Å². The lowest BCUT2D eigenvalue weighted by Gasteiger charge is -2.18. The minimum absolute atomic E-state index is 0.120.